The van der Waals surface area contributed by atoms with Gasteiger partial charge in [0.1, 0.15) is 11.6 Å². The number of carbonyl (C=O) groups is 2. The summed E-state index contributed by atoms with van der Waals surface area (Å²) in [4.78, 5) is 31.6. The van der Waals surface area contributed by atoms with Crippen molar-refractivity contribution in [3.8, 4) is 0 Å². The van der Waals surface area contributed by atoms with Crippen LogP contribution in [0.3, 0.4) is 0 Å². The first-order chi connectivity index (χ1) is 16.0. The van der Waals surface area contributed by atoms with E-state index < -0.39 is 23.7 Å². The molecule has 1 aromatic carbocycles. The Morgan fingerprint density at radius 3 is 2.47 bits per heavy atom. The van der Waals surface area contributed by atoms with Gasteiger partial charge in [-0.05, 0) is 70.5 Å². The Balaban J connectivity index is 1.41. The fraction of sp³-hybridized carbons (Fsp3) is 0.615. The van der Waals surface area contributed by atoms with Crippen LogP contribution in [0.4, 0.5) is 4.79 Å². The highest BCUT2D eigenvalue weighted by molar-refractivity contribution is 5.86. The zero-order valence-corrected chi connectivity index (χ0v) is 20.6. The quantitative estimate of drug-likeness (QED) is 0.628. The number of H-pyrrole nitrogens is 1. The number of carboxylic acids is 1. The number of aromatic amines is 1. The van der Waals surface area contributed by atoms with Crippen molar-refractivity contribution in [3.63, 3.8) is 0 Å². The molecule has 3 atom stereocenters. The first-order valence-electron chi connectivity index (χ1n) is 12.2. The Labute approximate surface area is 200 Å². The minimum absolute atomic E-state index is 0.0322. The molecule has 3 heterocycles. The third kappa shape index (κ3) is 5.08. The fourth-order valence-corrected chi connectivity index (χ4v) is 5.59. The molecule has 8 nitrogen and oxygen atoms in total. The predicted octanol–water partition coefficient (Wildman–Crippen LogP) is 3.73. The summed E-state index contributed by atoms with van der Waals surface area (Å²) in [6, 6.07) is 5.50. The highest BCUT2D eigenvalue weighted by Crippen LogP contribution is 2.36. The molecule has 3 unspecified atom stereocenters. The number of hydrogen-bond acceptors (Lipinski definition) is 5. The van der Waals surface area contributed by atoms with Crippen LogP contribution in [-0.4, -0.2) is 81.0 Å². The van der Waals surface area contributed by atoms with Crippen LogP contribution in [-0.2, 0) is 9.53 Å². The van der Waals surface area contributed by atoms with E-state index in [0.717, 1.165) is 16.5 Å². The lowest BCUT2D eigenvalue weighted by Crippen LogP contribution is -2.55. The minimum Gasteiger partial charge on any atom is -0.480 e. The molecule has 0 saturated carbocycles. The van der Waals surface area contributed by atoms with Crippen molar-refractivity contribution in [1.29, 1.82) is 0 Å². The van der Waals surface area contributed by atoms with Gasteiger partial charge in [-0.15, -0.1) is 0 Å². The van der Waals surface area contributed by atoms with Gasteiger partial charge in [-0.25, -0.2) is 4.79 Å². The second-order valence-electron chi connectivity index (χ2n) is 10.8. The van der Waals surface area contributed by atoms with Crippen LogP contribution in [0.1, 0.15) is 57.1 Å². The maximum atomic E-state index is 12.4. The number of aliphatic hydroxyl groups is 1. The maximum absolute atomic E-state index is 12.4. The lowest BCUT2D eigenvalue weighted by Gasteiger charge is -2.43. The van der Waals surface area contributed by atoms with E-state index in [1.54, 1.807) is 4.90 Å². The molecule has 2 aliphatic rings. The highest BCUT2D eigenvalue weighted by Gasteiger charge is 2.41. The average molecular weight is 472 g/mol. The second-order valence-corrected chi connectivity index (χ2v) is 10.8. The van der Waals surface area contributed by atoms with Gasteiger partial charge in [0, 0.05) is 42.7 Å². The number of nitrogens with one attached hydrogen (secondary N) is 1. The molecule has 4 rings (SSSR count). The van der Waals surface area contributed by atoms with Gasteiger partial charge in [0.25, 0.3) is 0 Å². The number of β-amino-alcohol motifs (C(OH)–C–C–N with tert-alkyl or cyclic N) is 1. The molecule has 0 bridgehead atoms. The normalized spacial score (nSPS) is 23.7. The van der Waals surface area contributed by atoms with Crippen LogP contribution in [0.5, 0.6) is 0 Å². The average Bonchev–Trinajstić information content (AvgIpc) is 3.18. The van der Waals surface area contributed by atoms with E-state index in [1.165, 1.54) is 5.56 Å². The fourth-order valence-electron chi connectivity index (χ4n) is 5.59. The van der Waals surface area contributed by atoms with Crippen LogP contribution >= 0.6 is 0 Å². The number of hydrogen-bond donors (Lipinski definition) is 3. The number of carboxylic acid groups (broad SMARTS) is 1. The Morgan fingerprint density at radius 1 is 1.15 bits per heavy atom. The van der Waals surface area contributed by atoms with Crippen molar-refractivity contribution in [2.24, 2.45) is 5.92 Å². The zero-order valence-electron chi connectivity index (χ0n) is 20.6. The smallest absolute Gasteiger partial charge is 0.410 e. The first-order valence-corrected chi connectivity index (χ1v) is 12.2. The van der Waals surface area contributed by atoms with Crippen molar-refractivity contribution in [2.45, 2.75) is 70.6 Å². The number of aromatic nitrogens is 1. The van der Waals surface area contributed by atoms with Gasteiger partial charge in [-0.1, -0.05) is 18.2 Å². The molecule has 186 valence electrons. The first kappa shape index (κ1) is 24.5. The zero-order chi connectivity index (χ0) is 24.6. The van der Waals surface area contributed by atoms with Crippen LogP contribution in [0.25, 0.3) is 10.9 Å². The summed E-state index contributed by atoms with van der Waals surface area (Å²) in [5.74, 6) is -0.963. The predicted molar refractivity (Wildman–Crippen MR) is 130 cm³/mol. The molecule has 3 N–H and O–H groups in total. The van der Waals surface area contributed by atoms with Crippen molar-refractivity contribution >= 4 is 23.0 Å². The van der Waals surface area contributed by atoms with E-state index >= 15 is 0 Å². The number of carbonyl (C=O) groups excluding carboxylic acids is 1. The number of para-hydroxylation sites is 1. The molecule has 0 radical (unpaired) electrons. The SMILES string of the molecule is Cc1cccc2c(C3CCN(C(C(=O)O)C4CCN(C(=O)OC(C)(C)C)CC4)CC3O)c[nH]c12. The van der Waals surface area contributed by atoms with Crippen molar-refractivity contribution in [2.75, 3.05) is 26.2 Å². The Kier molecular flexibility index (Phi) is 6.92. The monoisotopic (exact) mass is 471 g/mol. The Bertz CT molecular complexity index is 1030. The van der Waals surface area contributed by atoms with E-state index in [0.29, 0.717) is 45.4 Å². The number of aliphatic carboxylic acids is 1. The molecule has 0 aliphatic carbocycles. The van der Waals surface area contributed by atoms with Gasteiger partial charge >= 0.3 is 12.1 Å². The number of amides is 1. The van der Waals surface area contributed by atoms with E-state index in [9.17, 15) is 19.8 Å². The summed E-state index contributed by atoms with van der Waals surface area (Å²) in [7, 11) is 0. The standard InChI is InChI=1S/C26H37N3O5/c1-16-6-5-7-19-20(14-27-22(16)19)18-10-13-29(15-21(18)30)23(24(31)32)17-8-11-28(12-9-17)25(33)34-26(2,3)4/h5-7,14,17-18,21,23,27,30H,8-13,15H2,1-4H3,(H,31,32). The molecule has 2 aliphatic heterocycles. The summed E-state index contributed by atoms with van der Waals surface area (Å²) in [5.41, 5.74) is 2.80. The highest BCUT2D eigenvalue weighted by atomic mass is 16.6. The Morgan fingerprint density at radius 2 is 1.85 bits per heavy atom. The van der Waals surface area contributed by atoms with Crippen molar-refractivity contribution in [1.82, 2.24) is 14.8 Å². The van der Waals surface area contributed by atoms with Gasteiger partial charge < -0.3 is 24.8 Å². The molecule has 1 aromatic heterocycles. The minimum atomic E-state index is -0.857. The largest absolute Gasteiger partial charge is 0.480 e. The summed E-state index contributed by atoms with van der Waals surface area (Å²) in [6.07, 6.45) is 2.91. The van der Waals surface area contributed by atoms with Crippen LogP contribution in [0.2, 0.25) is 0 Å². The molecule has 0 spiro atoms. The summed E-state index contributed by atoms with van der Waals surface area (Å²) >= 11 is 0. The van der Waals surface area contributed by atoms with Crippen LogP contribution in [0, 0.1) is 12.8 Å². The van der Waals surface area contributed by atoms with E-state index in [2.05, 4.69) is 24.0 Å². The third-order valence-corrected chi connectivity index (χ3v) is 7.25. The molecular formula is C26H37N3O5. The molecule has 8 heteroatoms. The lowest BCUT2D eigenvalue weighted by atomic mass is 9.83. The molecular weight excluding hydrogens is 434 g/mol. The summed E-state index contributed by atoms with van der Waals surface area (Å²) < 4.78 is 5.46. The third-order valence-electron chi connectivity index (χ3n) is 7.25. The summed E-state index contributed by atoms with van der Waals surface area (Å²) in [5, 5.41) is 22.3. The van der Waals surface area contributed by atoms with Crippen molar-refractivity contribution in [3.05, 3.63) is 35.5 Å². The number of aryl methyl sites for hydroxylation is 1. The van der Waals surface area contributed by atoms with E-state index in [-0.39, 0.29) is 17.9 Å². The second kappa shape index (κ2) is 9.58. The number of nitrogens with zero attached hydrogens (tertiary/aromatic N) is 2. The summed E-state index contributed by atoms with van der Waals surface area (Å²) in [6.45, 7) is 9.48. The number of ether oxygens (including phenoxy) is 1. The maximum Gasteiger partial charge on any atom is 0.410 e. The van der Waals surface area contributed by atoms with Gasteiger partial charge in [-0.3, -0.25) is 9.69 Å². The number of aliphatic hydroxyl groups excluding tert-OH is 1. The van der Waals surface area contributed by atoms with Crippen LogP contribution in [0.15, 0.2) is 24.4 Å². The Hall–Kier alpha value is -2.58. The van der Waals surface area contributed by atoms with Gasteiger partial charge in [0.05, 0.1) is 6.10 Å². The topological polar surface area (TPSA) is 106 Å². The molecule has 2 saturated heterocycles. The van der Waals surface area contributed by atoms with Gasteiger partial charge in [0.15, 0.2) is 0 Å². The number of rotatable bonds is 4. The number of benzene rings is 1. The molecule has 34 heavy (non-hydrogen) atoms. The van der Waals surface area contributed by atoms with Gasteiger partial charge in [-0.2, -0.15) is 0 Å². The molecule has 1 amide bonds. The molecule has 2 fully saturated rings. The number of fused-ring (bicyclic) bond motifs is 1. The number of likely N-dealkylation sites (tertiary alicyclic amines) is 2. The van der Waals surface area contributed by atoms with E-state index in [1.807, 2.05) is 37.9 Å². The molecule has 2 aromatic rings. The van der Waals surface area contributed by atoms with Gasteiger partial charge in [0.2, 0.25) is 0 Å². The van der Waals surface area contributed by atoms with Crippen molar-refractivity contribution < 1.29 is 24.5 Å². The van der Waals surface area contributed by atoms with E-state index in [4.69, 9.17) is 4.74 Å². The van der Waals surface area contributed by atoms with Crippen LogP contribution < -0.4 is 0 Å². The lowest BCUT2D eigenvalue weighted by molar-refractivity contribution is -0.148. The number of piperidine rings is 2.